The van der Waals surface area contributed by atoms with Gasteiger partial charge in [-0.2, -0.15) is 5.26 Å². The Bertz CT molecular complexity index is 1490. The first kappa shape index (κ1) is 24.9. The lowest BCUT2D eigenvalue weighted by Crippen LogP contribution is -2.64. The Balaban J connectivity index is 1.63. The van der Waals surface area contributed by atoms with Gasteiger partial charge in [0.1, 0.15) is 0 Å². The number of rotatable bonds is 8. The number of aromatic nitrogens is 2. The van der Waals surface area contributed by atoms with Crippen molar-refractivity contribution in [2.75, 3.05) is 0 Å². The number of benzene rings is 3. The number of amides is 1. The highest BCUT2D eigenvalue weighted by Gasteiger charge is 2.57. The number of aliphatic carboxylic acids is 1. The van der Waals surface area contributed by atoms with Crippen molar-refractivity contribution in [3.8, 4) is 6.07 Å². The first-order valence-electron chi connectivity index (χ1n) is 12.3. The first-order chi connectivity index (χ1) is 18.4. The molecule has 8 nitrogen and oxygen atoms in total. The standard InChI is InChI=1S/C30H27N5O3/c31-15-21-10-12-23(13-11-21)18-35-20-33-16-27(35)30(28(32)36,29(37)38)26-14-24-8-4-5-9-25(24)19-34(26)17-22-6-2-1-3-7-22/h1-13,16,20,26H,14,17-19H2,(H2,32,36)(H,37,38). The average molecular weight is 506 g/mol. The Morgan fingerprint density at radius 1 is 0.974 bits per heavy atom. The molecule has 8 heteroatoms. The van der Waals surface area contributed by atoms with Crippen molar-refractivity contribution in [2.24, 2.45) is 5.73 Å². The van der Waals surface area contributed by atoms with Crippen LogP contribution in [-0.2, 0) is 41.1 Å². The molecule has 1 amide bonds. The van der Waals surface area contributed by atoms with E-state index in [-0.39, 0.29) is 12.2 Å². The largest absolute Gasteiger partial charge is 0.480 e. The van der Waals surface area contributed by atoms with Gasteiger partial charge >= 0.3 is 5.97 Å². The van der Waals surface area contributed by atoms with Crippen LogP contribution in [0.2, 0.25) is 0 Å². The van der Waals surface area contributed by atoms with Crippen LogP contribution in [0.4, 0.5) is 0 Å². The predicted molar refractivity (Wildman–Crippen MR) is 141 cm³/mol. The second-order valence-corrected chi connectivity index (χ2v) is 9.57. The molecule has 2 unspecified atom stereocenters. The predicted octanol–water partition coefficient (Wildman–Crippen LogP) is 3.24. The molecule has 1 aromatic heterocycles. The van der Waals surface area contributed by atoms with Crippen LogP contribution in [0, 0.1) is 11.3 Å². The summed E-state index contributed by atoms with van der Waals surface area (Å²) in [6.45, 7) is 1.19. The molecule has 0 radical (unpaired) electrons. The van der Waals surface area contributed by atoms with E-state index < -0.39 is 23.3 Å². The summed E-state index contributed by atoms with van der Waals surface area (Å²) >= 11 is 0. The number of imidazole rings is 1. The van der Waals surface area contributed by atoms with Gasteiger partial charge in [0.15, 0.2) is 0 Å². The van der Waals surface area contributed by atoms with E-state index in [2.05, 4.69) is 11.1 Å². The average Bonchev–Trinajstić information content (AvgIpc) is 3.38. The topological polar surface area (TPSA) is 125 Å². The van der Waals surface area contributed by atoms with Crippen molar-refractivity contribution in [3.05, 3.63) is 125 Å². The summed E-state index contributed by atoms with van der Waals surface area (Å²) in [5.41, 5.74) is 8.66. The minimum atomic E-state index is -2.06. The molecule has 3 N–H and O–H groups in total. The molecule has 0 saturated carbocycles. The van der Waals surface area contributed by atoms with Gasteiger partial charge in [-0.25, -0.2) is 4.98 Å². The quantitative estimate of drug-likeness (QED) is 0.354. The van der Waals surface area contributed by atoms with E-state index in [9.17, 15) is 14.7 Å². The molecule has 0 aliphatic carbocycles. The highest BCUT2D eigenvalue weighted by atomic mass is 16.4. The van der Waals surface area contributed by atoms with E-state index in [1.165, 1.54) is 12.5 Å². The molecule has 2 atom stereocenters. The van der Waals surface area contributed by atoms with Crippen molar-refractivity contribution in [1.82, 2.24) is 14.5 Å². The van der Waals surface area contributed by atoms with Gasteiger partial charge < -0.3 is 15.4 Å². The maximum absolute atomic E-state index is 13.4. The van der Waals surface area contributed by atoms with E-state index in [0.717, 1.165) is 22.3 Å². The van der Waals surface area contributed by atoms with Crippen molar-refractivity contribution in [3.63, 3.8) is 0 Å². The van der Waals surface area contributed by atoms with Gasteiger partial charge in [0.05, 0.1) is 23.7 Å². The van der Waals surface area contributed by atoms with E-state index in [4.69, 9.17) is 11.0 Å². The Morgan fingerprint density at radius 3 is 2.29 bits per heavy atom. The highest BCUT2D eigenvalue weighted by molar-refractivity contribution is 6.08. The molecular formula is C30H27N5O3. The van der Waals surface area contributed by atoms with Gasteiger partial charge in [0.25, 0.3) is 0 Å². The zero-order valence-corrected chi connectivity index (χ0v) is 20.7. The summed E-state index contributed by atoms with van der Waals surface area (Å²) in [7, 11) is 0. The number of hydrogen-bond donors (Lipinski definition) is 2. The number of carboxylic acid groups (broad SMARTS) is 1. The summed E-state index contributed by atoms with van der Waals surface area (Å²) in [6, 6.07) is 26.0. The van der Waals surface area contributed by atoms with Crippen molar-refractivity contribution < 1.29 is 14.7 Å². The summed E-state index contributed by atoms with van der Waals surface area (Å²) in [5.74, 6) is -2.25. The molecule has 1 aliphatic heterocycles. The molecule has 190 valence electrons. The number of carbonyl (C=O) groups is 2. The SMILES string of the molecule is N#Cc1ccc(Cn2cncc2C(C(N)=O)(C(=O)O)C2Cc3ccccc3CN2Cc2ccccc2)cc1. The number of carbonyl (C=O) groups excluding carboxylic acids is 1. The Morgan fingerprint density at radius 2 is 1.63 bits per heavy atom. The number of nitrogens with zero attached hydrogens (tertiary/aromatic N) is 4. The lowest BCUT2D eigenvalue weighted by Gasteiger charge is -2.45. The molecule has 0 saturated heterocycles. The van der Waals surface area contributed by atoms with E-state index >= 15 is 0 Å². The summed E-state index contributed by atoms with van der Waals surface area (Å²) in [6.07, 6.45) is 3.29. The molecule has 0 spiro atoms. The second-order valence-electron chi connectivity index (χ2n) is 9.57. The molecule has 0 bridgehead atoms. The van der Waals surface area contributed by atoms with Gasteiger partial charge in [-0.05, 0) is 40.8 Å². The zero-order chi connectivity index (χ0) is 26.7. The van der Waals surface area contributed by atoms with Crippen LogP contribution in [0.3, 0.4) is 0 Å². The molecule has 3 aromatic carbocycles. The summed E-state index contributed by atoms with van der Waals surface area (Å²) < 4.78 is 1.67. The van der Waals surface area contributed by atoms with Crippen LogP contribution in [-0.4, -0.2) is 37.5 Å². The normalized spacial score (nSPS) is 16.7. The van der Waals surface area contributed by atoms with Crippen LogP contribution in [0.15, 0.2) is 91.4 Å². The maximum Gasteiger partial charge on any atom is 0.327 e. The lowest BCUT2D eigenvalue weighted by molar-refractivity contribution is -0.153. The minimum Gasteiger partial charge on any atom is -0.480 e. The number of nitrogens with two attached hydrogens (primary N) is 1. The van der Waals surface area contributed by atoms with Gasteiger partial charge in [-0.15, -0.1) is 0 Å². The fourth-order valence-corrected chi connectivity index (χ4v) is 5.46. The minimum absolute atomic E-state index is 0.226. The molecule has 0 fully saturated rings. The van der Waals surface area contributed by atoms with Gasteiger partial charge in [0.2, 0.25) is 11.3 Å². The molecule has 1 aliphatic rings. The van der Waals surface area contributed by atoms with Crippen LogP contribution in [0.1, 0.15) is 33.5 Å². The fraction of sp³-hybridized carbons (Fsp3) is 0.200. The smallest absolute Gasteiger partial charge is 0.327 e. The fourth-order valence-electron chi connectivity index (χ4n) is 5.46. The van der Waals surface area contributed by atoms with Crippen molar-refractivity contribution in [2.45, 2.75) is 37.5 Å². The molecule has 4 aromatic rings. The second kappa shape index (κ2) is 10.3. The van der Waals surface area contributed by atoms with Crippen LogP contribution in [0.25, 0.3) is 0 Å². The van der Waals surface area contributed by atoms with Gasteiger partial charge in [-0.3, -0.25) is 14.5 Å². The van der Waals surface area contributed by atoms with Crippen LogP contribution in [0.5, 0.6) is 0 Å². The number of hydrogen-bond acceptors (Lipinski definition) is 5. The number of nitriles is 1. The highest BCUT2D eigenvalue weighted by Crippen LogP contribution is 2.39. The zero-order valence-electron chi connectivity index (χ0n) is 20.7. The van der Waals surface area contributed by atoms with E-state index in [1.807, 2.05) is 59.5 Å². The van der Waals surface area contributed by atoms with Crippen LogP contribution < -0.4 is 5.73 Å². The van der Waals surface area contributed by atoms with E-state index in [1.54, 1.807) is 28.8 Å². The summed E-state index contributed by atoms with van der Waals surface area (Å²) in [5, 5.41) is 19.9. The Kier molecular flexibility index (Phi) is 6.77. The van der Waals surface area contributed by atoms with Gasteiger partial charge in [0, 0.05) is 31.9 Å². The number of primary amides is 1. The molecule has 2 heterocycles. The Hall–Kier alpha value is -4.74. The van der Waals surface area contributed by atoms with Crippen molar-refractivity contribution >= 4 is 11.9 Å². The Labute approximate surface area is 220 Å². The summed E-state index contributed by atoms with van der Waals surface area (Å²) in [4.78, 5) is 32.9. The van der Waals surface area contributed by atoms with Crippen molar-refractivity contribution in [1.29, 1.82) is 5.26 Å². The number of fused-ring (bicyclic) bond motifs is 1. The van der Waals surface area contributed by atoms with Crippen LogP contribution >= 0.6 is 0 Å². The maximum atomic E-state index is 13.4. The third-order valence-electron chi connectivity index (χ3n) is 7.35. The number of carboxylic acids is 1. The monoisotopic (exact) mass is 505 g/mol. The molecule has 5 rings (SSSR count). The lowest BCUT2D eigenvalue weighted by atomic mass is 9.71. The molecular weight excluding hydrogens is 478 g/mol. The van der Waals surface area contributed by atoms with Gasteiger partial charge in [-0.1, -0.05) is 66.7 Å². The molecule has 38 heavy (non-hydrogen) atoms. The first-order valence-corrected chi connectivity index (χ1v) is 12.3. The third-order valence-corrected chi connectivity index (χ3v) is 7.35. The third kappa shape index (κ3) is 4.44. The van der Waals surface area contributed by atoms with E-state index in [0.29, 0.717) is 25.1 Å².